The molecule has 1 N–H and O–H groups in total. The van der Waals surface area contributed by atoms with Crippen molar-refractivity contribution < 1.29 is 5.11 Å². The number of aryl methyl sites for hydroxylation is 1. The molecule has 2 heterocycles. The largest absolute Gasteiger partial charge is 0.507 e. The van der Waals surface area contributed by atoms with Crippen LogP contribution in [-0.4, -0.2) is 19.6 Å². The van der Waals surface area contributed by atoms with Crippen LogP contribution in [0.5, 0.6) is 5.75 Å². The Balaban J connectivity index is 1.33. The minimum absolute atomic E-state index is 0.0979. The summed E-state index contributed by atoms with van der Waals surface area (Å²) in [4.78, 5) is 10.3. The van der Waals surface area contributed by atoms with Crippen LogP contribution < -0.4 is 0 Å². The first kappa shape index (κ1) is 37.8. The lowest BCUT2D eigenvalue weighted by Crippen LogP contribution is -2.17. The van der Waals surface area contributed by atoms with E-state index in [1.807, 2.05) is 6.20 Å². The molecule has 0 amide bonds. The van der Waals surface area contributed by atoms with Gasteiger partial charge in [0.1, 0.15) is 11.6 Å². The second-order valence-corrected chi connectivity index (χ2v) is 18.3. The lowest BCUT2D eigenvalue weighted by molar-refractivity contribution is 0.446. The first-order valence-corrected chi connectivity index (χ1v) is 19.5. The maximum absolute atomic E-state index is 11.8. The molecule has 0 saturated carbocycles. The minimum atomic E-state index is -0.241. The molecule has 1 unspecified atom stereocenters. The van der Waals surface area contributed by atoms with Gasteiger partial charge in [-0.05, 0) is 91.6 Å². The number of imidazole rings is 1. The predicted octanol–water partition coefficient (Wildman–Crippen LogP) is 13.4. The third-order valence-electron chi connectivity index (χ3n) is 11.1. The van der Waals surface area contributed by atoms with Gasteiger partial charge in [0, 0.05) is 35.9 Å². The number of rotatable bonds is 6. The van der Waals surface area contributed by atoms with E-state index in [1.54, 1.807) is 0 Å². The molecule has 55 heavy (non-hydrogen) atoms. The van der Waals surface area contributed by atoms with Crippen LogP contribution in [0.3, 0.4) is 0 Å². The number of hydrogen-bond donors (Lipinski definition) is 1. The standard InChI is InChI=1S/C51H55N3O/c1-32(33-16-13-12-14-17-33)34-20-22-35(23-21-34)36-24-25-52-44(29-36)38-26-37(27-39(28-38)49(2,3)4)41-18-15-19-45-46(41)53-48(54(45)11)42-30-40(50(5,6)7)31-43(47(42)55)51(8,9)10/h12-32,55H,1-11H3. The smallest absolute Gasteiger partial charge is 0.144 e. The van der Waals surface area contributed by atoms with Crippen LogP contribution in [0.2, 0.25) is 0 Å². The van der Waals surface area contributed by atoms with Crippen molar-refractivity contribution in [3.8, 4) is 50.6 Å². The highest BCUT2D eigenvalue weighted by atomic mass is 16.3. The molecule has 0 aliphatic heterocycles. The summed E-state index contributed by atoms with van der Waals surface area (Å²) in [5.41, 5.74) is 14.6. The van der Waals surface area contributed by atoms with Crippen molar-refractivity contribution in [3.05, 3.63) is 149 Å². The number of aromatic hydroxyl groups is 1. The summed E-state index contributed by atoms with van der Waals surface area (Å²) in [6.45, 7) is 22.1. The Hall–Kier alpha value is -5.48. The van der Waals surface area contributed by atoms with Gasteiger partial charge in [-0.25, -0.2) is 4.98 Å². The number of fused-ring (bicyclic) bond motifs is 1. The molecule has 0 radical (unpaired) electrons. The molecule has 7 aromatic rings. The van der Waals surface area contributed by atoms with Crippen molar-refractivity contribution in [3.63, 3.8) is 0 Å². The van der Waals surface area contributed by atoms with Crippen molar-refractivity contribution in [2.75, 3.05) is 0 Å². The molecule has 280 valence electrons. The van der Waals surface area contributed by atoms with Gasteiger partial charge in [0.2, 0.25) is 0 Å². The number of nitrogens with zero attached hydrogens (tertiary/aromatic N) is 3. The monoisotopic (exact) mass is 725 g/mol. The highest BCUT2D eigenvalue weighted by molar-refractivity contribution is 5.95. The molecule has 0 fully saturated rings. The Morgan fingerprint density at radius 3 is 1.85 bits per heavy atom. The van der Waals surface area contributed by atoms with Gasteiger partial charge in [0.05, 0.1) is 22.3 Å². The molecule has 0 bridgehead atoms. The van der Waals surface area contributed by atoms with Crippen LogP contribution in [0.25, 0.3) is 55.9 Å². The zero-order valence-electron chi connectivity index (χ0n) is 34.4. The fourth-order valence-electron chi connectivity index (χ4n) is 7.53. The molecule has 4 heteroatoms. The first-order chi connectivity index (χ1) is 25.9. The maximum atomic E-state index is 11.8. The quantitative estimate of drug-likeness (QED) is 0.186. The lowest BCUT2D eigenvalue weighted by atomic mass is 9.79. The second kappa shape index (κ2) is 14.0. The van der Waals surface area contributed by atoms with Crippen LogP contribution in [-0.2, 0) is 23.3 Å². The zero-order chi connectivity index (χ0) is 39.4. The van der Waals surface area contributed by atoms with Crippen LogP contribution >= 0.6 is 0 Å². The molecule has 2 aromatic heterocycles. The van der Waals surface area contributed by atoms with E-state index in [0.29, 0.717) is 11.7 Å². The first-order valence-electron chi connectivity index (χ1n) is 19.5. The van der Waals surface area contributed by atoms with Gasteiger partial charge in [-0.2, -0.15) is 0 Å². The number of phenols is 1. The molecule has 7 rings (SSSR count). The number of phenolic OH excluding ortho intramolecular Hbond substituents is 1. The zero-order valence-corrected chi connectivity index (χ0v) is 34.4. The van der Waals surface area contributed by atoms with E-state index in [0.717, 1.165) is 55.9 Å². The second-order valence-electron chi connectivity index (χ2n) is 18.3. The summed E-state index contributed by atoms with van der Waals surface area (Å²) in [5, 5.41) is 11.8. The Labute approximate surface area is 328 Å². The molecular formula is C51H55N3O. The van der Waals surface area contributed by atoms with E-state index in [2.05, 4.69) is 196 Å². The van der Waals surface area contributed by atoms with Gasteiger partial charge < -0.3 is 9.67 Å². The van der Waals surface area contributed by atoms with Gasteiger partial charge in [0.15, 0.2) is 0 Å². The SMILES string of the molecule is CC(c1ccccc1)c1ccc(-c2ccnc(-c3cc(-c4cccc5c4nc(-c4cc(C(C)(C)C)cc(C(C)(C)C)c4O)n5C)cc(C(C)(C)C)c3)c2)cc1. The van der Waals surface area contributed by atoms with Crippen molar-refractivity contribution in [2.24, 2.45) is 7.05 Å². The Morgan fingerprint density at radius 2 is 1.20 bits per heavy atom. The van der Waals surface area contributed by atoms with Crippen molar-refractivity contribution >= 4 is 11.0 Å². The Bertz CT molecular complexity index is 2500. The van der Waals surface area contributed by atoms with Gasteiger partial charge in [-0.3, -0.25) is 4.98 Å². The molecule has 0 aliphatic carbocycles. The number of benzene rings is 5. The third kappa shape index (κ3) is 7.48. The normalized spacial score (nSPS) is 13.0. The molecule has 0 aliphatic rings. The van der Waals surface area contributed by atoms with E-state index >= 15 is 0 Å². The number of hydrogen-bond acceptors (Lipinski definition) is 3. The highest BCUT2D eigenvalue weighted by Gasteiger charge is 2.28. The molecule has 5 aromatic carbocycles. The van der Waals surface area contributed by atoms with Crippen LogP contribution in [0.15, 0.2) is 121 Å². The highest BCUT2D eigenvalue weighted by Crippen LogP contribution is 2.44. The van der Waals surface area contributed by atoms with Crippen LogP contribution in [0.4, 0.5) is 0 Å². The van der Waals surface area contributed by atoms with E-state index in [4.69, 9.17) is 9.97 Å². The maximum Gasteiger partial charge on any atom is 0.144 e. The predicted molar refractivity (Wildman–Crippen MR) is 232 cm³/mol. The van der Waals surface area contributed by atoms with Gasteiger partial charge in [0.25, 0.3) is 0 Å². The molecule has 0 spiro atoms. The molecule has 4 nitrogen and oxygen atoms in total. The summed E-state index contributed by atoms with van der Waals surface area (Å²) in [6, 6.07) is 41.4. The Morgan fingerprint density at radius 1 is 0.564 bits per heavy atom. The van der Waals surface area contributed by atoms with Crippen LogP contribution in [0.1, 0.15) is 103 Å². The number of para-hydroxylation sites is 1. The molecule has 1 atom stereocenters. The molecular weight excluding hydrogens is 671 g/mol. The van der Waals surface area contributed by atoms with E-state index in [1.165, 1.54) is 27.8 Å². The topological polar surface area (TPSA) is 50.9 Å². The van der Waals surface area contributed by atoms with Crippen molar-refractivity contribution in [2.45, 2.75) is 91.4 Å². The minimum Gasteiger partial charge on any atom is -0.507 e. The van der Waals surface area contributed by atoms with Crippen molar-refractivity contribution in [1.82, 2.24) is 14.5 Å². The summed E-state index contributed by atoms with van der Waals surface area (Å²) in [5.74, 6) is 1.37. The summed E-state index contributed by atoms with van der Waals surface area (Å²) >= 11 is 0. The van der Waals surface area contributed by atoms with E-state index < -0.39 is 0 Å². The summed E-state index contributed by atoms with van der Waals surface area (Å²) in [6.07, 6.45) is 1.92. The van der Waals surface area contributed by atoms with E-state index in [9.17, 15) is 5.11 Å². The van der Waals surface area contributed by atoms with Crippen molar-refractivity contribution in [1.29, 1.82) is 0 Å². The lowest BCUT2D eigenvalue weighted by Gasteiger charge is -2.27. The average Bonchev–Trinajstić information content (AvgIpc) is 3.49. The van der Waals surface area contributed by atoms with Gasteiger partial charge in [-0.1, -0.05) is 148 Å². The number of aromatic nitrogens is 3. The molecule has 0 saturated heterocycles. The van der Waals surface area contributed by atoms with Gasteiger partial charge >= 0.3 is 0 Å². The third-order valence-corrected chi connectivity index (χ3v) is 11.1. The van der Waals surface area contributed by atoms with E-state index in [-0.39, 0.29) is 16.2 Å². The fraction of sp³-hybridized carbons (Fsp3) is 0.294. The number of pyridine rings is 1. The summed E-state index contributed by atoms with van der Waals surface area (Å²) < 4.78 is 2.12. The fourth-order valence-corrected chi connectivity index (χ4v) is 7.53. The Kier molecular flexibility index (Phi) is 9.62. The summed E-state index contributed by atoms with van der Waals surface area (Å²) in [7, 11) is 2.05. The van der Waals surface area contributed by atoms with Crippen LogP contribution in [0, 0.1) is 0 Å². The average molecular weight is 726 g/mol. The van der Waals surface area contributed by atoms with Gasteiger partial charge in [-0.15, -0.1) is 0 Å².